The summed E-state index contributed by atoms with van der Waals surface area (Å²) >= 11 is 0. The van der Waals surface area contributed by atoms with E-state index in [1.807, 2.05) is 70.2 Å². The summed E-state index contributed by atoms with van der Waals surface area (Å²) < 4.78 is 10.9. The number of aryl methyl sites for hydroxylation is 1. The van der Waals surface area contributed by atoms with Gasteiger partial charge in [0.25, 0.3) is 11.8 Å². The largest absolute Gasteiger partial charge is 0.484 e. The minimum absolute atomic E-state index is 0.110. The Bertz CT molecular complexity index is 1420. The van der Waals surface area contributed by atoms with Gasteiger partial charge >= 0.3 is 6.03 Å². The van der Waals surface area contributed by atoms with E-state index >= 15 is 0 Å². The van der Waals surface area contributed by atoms with Crippen LogP contribution in [0.1, 0.15) is 49.4 Å². The Morgan fingerprint density at radius 3 is 2.23 bits per heavy atom. The van der Waals surface area contributed by atoms with Crippen LogP contribution in [0.4, 0.5) is 10.5 Å². The van der Waals surface area contributed by atoms with Crippen molar-refractivity contribution in [3.8, 4) is 5.75 Å². The predicted molar refractivity (Wildman–Crippen MR) is 167 cm³/mol. The van der Waals surface area contributed by atoms with Crippen molar-refractivity contribution in [1.29, 1.82) is 0 Å². The summed E-state index contributed by atoms with van der Waals surface area (Å²) in [6.45, 7) is 9.76. The van der Waals surface area contributed by atoms with Crippen LogP contribution in [0, 0.1) is 6.92 Å². The monoisotopic (exact) mass is 600 g/mol. The summed E-state index contributed by atoms with van der Waals surface area (Å²) in [5.74, 6) is -1.14. The van der Waals surface area contributed by atoms with Gasteiger partial charge in [-0.15, -0.1) is 0 Å². The van der Waals surface area contributed by atoms with Crippen molar-refractivity contribution in [2.45, 2.75) is 45.7 Å². The number of nitrogens with one attached hydrogen (secondary N) is 2. The average molecular weight is 601 g/mol. The van der Waals surface area contributed by atoms with E-state index in [0.717, 1.165) is 16.0 Å². The van der Waals surface area contributed by atoms with Crippen LogP contribution in [-0.4, -0.2) is 72.5 Å². The van der Waals surface area contributed by atoms with Crippen molar-refractivity contribution in [3.63, 3.8) is 0 Å². The number of urea groups is 1. The molecule has 44 heavy (non-hydrogen) atoms. The van der Waals surface area contributed by atoms with Crippen LogP contribution in [0.5, 0.6) is 5.75 Å². The van der Waals surface area contributed by atoms with Gasteiger partial charge in [0.2, 0.25) is 5.91 Å². The third kappa shape index (κ3) is 7.62. The molecule has 3 aromatic rings. The number of benzene rings is 3. The number of hydrogen-bond donors (Lipinski definition) is 2. The first-order valence-corrected chi connectivity index (χ1v) is 15.0. The summed E-state index contributed by atoms with van der Waals surface area (Å²) in [5.41, 5.74) is 2.97. The zero-order valence-corrected chi connectivity index (χ0v) is 25.6. The number of anilines is 1. The number of rotatable bonds is 9. The fraction of sp³-hybridized carbons (Fsp3) is 0.353. The highest BCUT2D eigenvalue weighted by Gasteiger charge is 2.47. The van der Waals surface area contributed by atoms with Gasteiger partial charge in [0.15, 0.2) is 6.61 Å². The molecule has 2 aliphatic rings. The van der Waals surface area contributed by atoms with Crippen LogP contribution >= 0.6 is 0 Å². The highest BCUT2D eigenvalue weighted by Crippen LogP contribution is 2.31. The van der Waals surface area contributed by atoms with Gasteiger partial charge in [0.05, 0.1) is 13.2 Å². The second-order valence-electron chi connectivity index (χ2n) is 10.4. The summed E-state index contributed by atoms with van der Waals surface area (Å²) in [5, 5.41) is 5.62. The van der Waals surface area contributed by atoms with Crippen molar-refractivity contribution >= 4 is 29.4 Å². The number of hydrogen-bond acceptors (Lipinski definition) is 6. The lowest BCUT2D eigenvalue weighted by Gasteiger charge is -2.30. The number of amides is 5. The summed E-state index contributed by atoms with van der Waals surface area (Å²) in [6, 6.07) is 20.6. The molecule has 0 aromatic heterocycles. The maximum absolute atomic E-state index is 13.7. The maximum Gasteiger partial charge on any atom is 0.325 e. The maximum atomic E-state index is 13.7. The number of imide groups is 1. The third-order valence-electron chi connectivity index (χ3n) is 7.58. The van der Waals surface area contributed by atoms with Crippen molar-refractivity contribution in [2.75, 3.05) is 38.2 Å². The molecule has 2 N–H and O–H groups in total. The standard InChI is InChI=1S/C32H34N4O6.C2H6/c1-21-8-12-25(13-9-21)33-30(38)29(22(2)23-6-4-3-5-7-23)36-31(39)28(34-32(36)40)24-10-14-26(15-11-24)42-20-27(37)35-16-18-41-19-17-35;1-2/h3-15,22,28-29H,16-20H2,1-2H3,(H,33,38)(H,34,40);1-2H3/t22?,28-,29?;/m1./s1. The highest BCUT2D eigenvalue weighted by molar-refractivity contribution is 6.10. The number of carbonyl (C=O) groups is 4. The minimum Gasteiger partial charge on any atom is -0.484 e. The summed E-state index contributed by atoms with van der Waals surface area (Å²) in [6.07, 6.45) is 0. The number of ether oxygens (including phenoxy) is 2. The van der Waals surface area contributed by atoms with Gasteiger partial charge in [-0.2, -0.15) is 0 Å². The normalized spacial score (nSPS) is 17.6. The van der Waals surface area contributed by atoms with Crippen LogP contribution in [0.25, 0.3) is 0 Å². The number of carbonyl (C=O) groups excluding carboxylic acids is 4. The molecular formula is C34H40N4O6. The zero-order chi connectivity index (χ0) is 31.6. The van der Waals surface area contributed by atoms with Crippen LogP contribution < -0.4 is 15.4 Å². The average Bonchev–Trinajstić information content (AvgIpc) is 3.36. The molecule has 0 aliphatic carbocycles. The SMILES string of the molecule is CC.Cc1ccc(NC(=O)C(C(C)c2ccccc2)N2C(=O)N[C@H](c3ccc(OCC(=O)N4CCOCC4)cc3)C2=O)cc1. The van der Waals surface area contributed by atoms with E-state index in [2.05, 4.69) is 10.6 Å². The zero-order valence-electron chi connectivity index (χ0n) is 25.6. The smallest absolute Gasteiger partial charge is 0.325 e. The Morgan fingerprint density at radius 1 is 0.955 bits per heavy atom. The van der Waals surface area contributed by atoms with Crippen molar-refractivity contribution < 1.29 is 28.7 Å². The van der Waals surface area contributed by atoms with Crippen LogP contribution in [0.15, 0.2) is 78.9 Å². The van der Waals surface area contributed by atoms with Gasteiger partial charge in [-0.3, -0.25) is 14.4 Å². The van der Waals surface area contributed by atoms with E-state index < -0.39 is 35.8 Å². The first-order chi connectivity index (χ1) is 21.3. The molecule has 2 aliphatic heterocycles. The molecule has 5 rings (SSSR count). The lowest BCUT2D eigenvalue weighted by molar-refractivity contribution is -0.137. The molecule has 0 spiro atoms. The molecule has 5 amide bonds. The summed E-state index contributed by atoms with van der Waals surface area (Å²) in [4.78, 5) is 55.8. The minimum atomic E-state index is -1.10. The highest BCUT2D eigenvalue weighted by atomic mass is 16.5. The molecule has 2 fully saturated rings. The van der Waals surface area contributed by atoms with E-state index in [1.54, 1.807) is 41.3 Å². The van der Waals surface area contributed by atoms with Gasteiger partial charge in [-0.05, 0) is 42.3 Å². The lowest BCUT2D eigenvalue weighted by Crippen LogP contribution is -2.50. The molecule has 232 valence electrons. The molecule has 0 saturated carbocycles. The quantitative estimate of drug-likeness (QED) is 0.345. The van der Waals surface area contributed by atoms with Crippen molar-refractivity contribution in [3.05, 3.63) is 95.6 Å². The fourth-order valence-corrected chi connectivity index (χ4v) is 5.15. The van der Waals surface area contributed by atoms with E-state index in [0.29, 0.717) is 43.3 Å². The topological polar surface area (TPSA) is 117 Å². The van der Waals surface area contributed by atoms with Crippen LogP contribution in [0.3, 0.4) is 0 Å². The van der Waals surface area contributed by atoms with Crippen LogP contribution in [-0.2, 0) is 19.1 Å². The molecule has 3 atom stereocenters. The first kappa shape index (κ1) is 32.2. The molecule has 10 heteroatoms. The van der Waals surface area contributed by atoms with Gasteiger partial charge < -0.3 is 25.0 Å². The molecule has 0 radical (unpaired) electrons. The first-order valence-electron chi connectivity index (χ1n) is 15.0. The Morgan fingerprint density at radius 2 is 1.59 bits per heavy atom. The Hall–Kier alpha value is -4.70. The predicted octanol–water partition coefficient (Wildman–Crippen LogP) is 4.66. The van der Waals surface area contributed by atoms with Crippen LogP contribution in [0.2, 0.25) is 0 Å². The molecule has 2 saturated heterocycles. The second-order valence-corrected chi connectivity index (χ2v) is 10.4. The molecule has 10 nitrogen and oxygen atoms in total. The molecular weight excluding hydrogens is 560 g/mol. The Balaban J connectivity index is 0.00000216. The van der Waals surface area contributed by atoms with Gasteiger partial charge in [0.1, 0.15) is 17.8 Å². The van der Waals surface area contributed by atoms with E-state index in [1.165, 1.54) is 0 Å². The van der Waals surface area contributed by atoms with E-state index in [4.69, 9.17) is 9.47 Å². The third-order valence-corrected chi connectivity index (χ3v) is 7.58. The molecule has 2 heterocycles. The van der Waals surface area contributed by atoms with Gasteiger partial charge in [-0.1, -0.05) is 80.9 Å². The van der Waals surface area contributed by atoms with E-state index in [9.17, 15) is 19.2 Å². The van der Waals surface area contributed by atoms with E-state index in [-0.39, 0.29) is 12.5 Å². The number of morpholine rings is 1. The molecule has 0 bridgehead atoms. The second kappa shape index (κ2) is 15.2. The number of nitrogens with zero attached hydrogens (tertiary/aromatic N) is 2. The van der Waals surface area contributed by atoms with Crippen molar-refractivity contribution in [2.24, 2.45) is 0 Å². The lowest BCUT2D eigenvalue weighted by atomic mass is 9.91. The van der Waals surface area contributed by atoms with Gasteiger partial charge in [-0.25, -0.2) is 9.69 Å². The Kier molecular flexibility index (Phi) is 11.1. The fourth-order valence-electron chi connectivity index (χ4n) is 5.15. The van der Waals surface area contributed by atoms with Crippen molar-refractivity contribution in [1.82, 2.24) is 15.1 Å². The Labute approximate surface area is 258 Å². The van der Waals surface area contributed by atoms with Gasteiger partial charge in [0, 0.05) is 24.7 Å². The molecule has 2 unspecified atom stereocenters. The molecule has 3 aromatic carbocycles. The summed E-state index contributed by atoms with van der Waals surface area (Å²) in [7, 11) is 0.